The number of benzene rings is 1. The number of anilines is 1. The first-order chi connectivity index (χ1) is 7.48. The molecule has 0 atom stereocenters. The third kappa shape index (κ3) is 3.68. The molecule has 1 N–H and O–H groups in total. The van der Waals surface area contributed by atoms with Crippen LogP contribution in [-0.2, 0) is 10.0 Å². The Morgan fingerprint density at radius 1 is 1.44 bits per heavy atom. The van der Waals surface area contributed by atoms with Crippen LogP contribution in [0, 0.1) is 6.92 Å². The number of hydrogen-bond acceptors (Lipinski definition) is 3. The number of alkyl halides is 1. The molecule has 0 fully saturated rings. The summed E-state index contributed by atoms with van der Waals surface area (Å²) in [7, 11) is -3.34. The predicted molar refractivity (Wildman–Crippen MR) is 68.7 cm³/mol. The van der Waals surface area contributed by atoms with E-state index in [-0.39, 0.29) is 4.66 Å². The fourth-order valence-electron chi connectivity index (χ4n) is 1.18. The Morgan fingerprint density at radius 2 is 2.12 bits per heavy atom. The molecule has 0 aromatic heterocycles. The molecule has 0 unspecified atom stereocenters. The van der Waals surface area contributed by atoms with Crippen LogP contribution < -0.4 is 9.46 Å². The average molecular weight is 308 g/mol. The number of aryl methyl sites for hydroxylation is 1. The molecule has 0 saturated heterocycles. The van der Waals surface area contributed by atoms with Gasteiger partial charge >= 0.3 is 0 Å². The maximum absolute atomic E-state index is 11.4. The van der Waals surface area contributed by atoms with Crippen LogP contribution in [0.25, 0.3) is 0 Å². The second-order valence-electron chi connectivity index (χ2n) is 3.26. The summed E-state index contributed by atoms with van der Waals surface area (Å²) in [5.74, 6) is 0.548. The summed E-state index contributed by atoms with van der Waals surface area (Å²) in [6.45, 7) is 4.27. The zero-order valence-corrected chi connectivity index (χ0v) is 11.6. The van der Waals surface area contributed by atoms with E-state index >= 15 is 0 Å². The highest BCUT2D eigenvalue weighted by Crippen LogP contribution is 2.26. The van der Waals surface area contributed by atoms with E-state index in [0.29, 0.717) is 18.0 Å². The van der Waals surface area contributed by atoms with Gasteiger partial charge in [-0.15, -0.1) is 0 Å². The highest BCUT2D eigenvalue weighted by Gasteiger charge is 2.11. The maximum atomic E-state index is 11.4. The molecule has 1 rings (SSSR count). The van der Waals surface area contributed by atoms with Gasteiger partial charge in [-0.05, 0) is 31.5 Å². The van der Waals surface area contributed by atoms with Crippen molar-refractivity contribution >= 4 is 31.6 Å². The highest BCUT2D eigenvalue weighted by molar-refractivity contribution is 9.10. The van der Waals surface area contributed by atoms with Crippen LogP contribution in [0.1, 0.15) is 12.5 Å². The van der Waals surface area contributed by atoms with Crippen LogP contribution in [0.2, 0.25) is 0 Å². The van der Waals surface area contributed by atoms with Crippen molar-refractivity contribution in [2.24, 2.45) is 0 Å². The SMILES string of the molecule is CCOc1cc(C)ccc1NS(=O)(=O)CBr. The lowest BCUT2D eigenvalue weighted by atomic mass is 10.2. The summed E-state index contributed by atoms with van der Waals surface area (Å²) in [6.07, 6.45) is 0. The normalized spacial score (nSPS) is 11.2. The summed E-state index contributed by atoms with van der Waals surface area (Å²) < 4.78 is 30.5. The Bertz CT molecular complexity index is 459. The first-order valence-electron chi connectivity index (χ1n) is 4.78. The van der Waals surface area contributed by atoms with E-state index in [1.807, 2.05) is 19.9 Å². The van der Waals surface area contributed by atoms with Gasteiger partial charge in [-0.2, -0.15) is 0 Å². The quantitative estimate of drug-likeness (QED) is 0.850. The van der Waals surface area contributed by atoms with E-state index in [2.05, 4.69) is 20.7 Å². The van der Waals surface area contributed by atoms with Gasteiger partial charge in [0.15, 0.2) is 0 Å². The lowest BCUT2D eigenvalue weighted by Gasteiger charge is -2.12. The lowest BCUT2D eigenvalue weighted by molar-refractivity contribution is 0.342. The van der Waals surface area contributed by atoms with Crippen molar-refractivity contribution in [3.05, 3.63) is 23.8 Å². The molecule has 4 nitrogen and oxygen atoms in total. The Kier molecular flexibility index (Phi) is 4.61. The van der Waals surface area contributed by atoms with Gasteiger partial charge in [0.05, 0.1) is 12.3 Å². The topological polar surface area (TPSA) is 55.4 Å². The minimum Gasteiger partial charge on any atom is -0.492 e. The fraction of sp³-hybridized carbons (Fsp3) is 0.400. The molecule has 1 aromatic rings. The number of nitrogens with one attached hydrogen (secondary N) is 1. The van der Waals surface area contributed by atoms with Gasteiger partial charge in [-0.25, -0.2) is 8.42 Å². The van der Waals surface area contributed by atoms with E-state index < -0.39 is 10.0 Å². The molecule has 0 aliphatic carbocycles. The van der Waals surface area contributed by atoms with Gasteiger partial charge in [0.2, 0.25) is 10.0 Å². The molecular formula is C10H14BrNO3S. The maximum Gasteiger partial charge on any atom is 0.242 e. The Hall–Kier alpha value is -0.750. The molecule has 0 aliphatic rings. The minimum absolute atomic E-state index is 0.139. The van der Waals surface area contributed by atoms with Crippen LogP contribution in [0.4, 0.5) is 5.69 Å². The predicted octanol–water partition coefficient (Wildman–Crippen LogP) is 2.49. The van der Waals surface area contributed by atoms with Gasteiger partial charge < -0.3 is 4.74 Å². The van der Waals surface area contributed by atoms with Gasteiger partial charge in [0, 0.05) is 0 Å². The molecule has 6 heteroatoms. The second kappa shape index (κ2) is 5.54. The molecule has 0 spiro atoms. The van der Waals surface area contributed by atoms with Gasteiger partial charge in [-0.3, -0.25) is 4.72 Å². The minimum atomic E-state index is -3.34. The Labute approximate surface area is 104 Å². The smallest absolute Gasteiger partial charge is 0.242 e. The summed E-state index contributed by atoms with van der Waals surface area (Å²) >= 11 is 2.92. The van der Waals surface area contributed by atoms with Crippen LogP contribution in [0.5, 0.6) is 5.75 Å². The molecule has 0 amide bonds. The molecule has 0 bridgehead atoms. The number of halogens is 1. The largest absolute Gasteiger partial charge is 0.492 e. The van der Waals surface area contributed by atoms with E-state index in [1.54, 1.807) is 12.1 Å². The molecule has 0 saturated carbocycles. The lowest BCUT2D eigenvalue weighted by Crippen LogP contribution is -2.14. The third-order valence-electron chi connectivity index (χ3n) is 1.85. The fourth-order valence-corrected chi connectivity index (χ4v) is 2.09. The monoisotopic (exact) mass is 307 g/mol. The Morgan fingerprint density at radius 3 is 2.69 bits per heavy atom. The van der Waals surface area contributed by atoms with Gasteiger partial charge in [0.1, 0.15) is 10.4 Å². The zero-order chi connectivity index (χ0) is 12.2. The average Bonchev–Trinajstić information content (AvgIpc) is 2.22. The van der Waals surface area contributed by atoms with Crippen molar-refractivity contribution in [3.63, 3.8) is 0 Å². The molecule has 90 valence electrons. The summed E-state index contributed by atoms with van der Waals surface area (Å²) in [5, 5.41) is 0. The van der Waals surface area contributed by atoms with Crippen molar-refractivity contribution in [1.29, 1.82) is 0 Å². The zero-order valence-electron chi connectivity index (χ0n) is 9.16. The summed E-state index contributed by atoms with van der Waals surface area (Å²) in [4.78, 5) is 0. The first-order valence-corrected chi connectivity index (χ1v) is 7.56. The molecule has 0 radical (unpaired) electrons. The third-order valence-corrected chi connectivity index (χ3v) is 4.47. The van der Waals surface area contributed by atoms with Crippen molar-refractivity contribution in [2.75, 3.05) is 16.0 Å². The van der Waals surface area contributed by atoms with Crippen LogP contribution in [0.15, 0.2) is 18.2 Å². The van der Waals surface area contributed by atoms with Crippen molar-refractivity contribution < 1.29 is 13.2 Å². The number of sulfonamides is 1. The van der Waals surface area contributed by atoms with Gasteiger partial charge in [0.25, 0.3) is 0 Å². The van der Waals surface area contributed by atoms with E-state index in [4.69, 9.17) is 4.74 Å². The Balaban J connectivity index is 3.03. The van der Waals surface area contributed by atoms with Gasteiger partial charge in [-0.1, -0.05) is 22.0 Å². The number of hydrogen-bond donors (Lipinski definition) is 1. The van der Waals surface area contributed by atoms with Crippen LogP contribution in [0.3, 0.4) is 0 Å². The number of rotatable bonds is 5. The van der Waals surface area contributed by atoms with Crippen molar-refractivity contribution in [2.45, 2.75) is 13.8 Å². The van der Waals surface area contributed by atoms with Crippen molar-refractivity contribution in [3.8, 4) is 5.75 Å². The van der Waals surface area contributed by atoms with Crippen LogP contribution in [-0.4, -0.2) is 19.7 Å². The number of ether oxygens (including phenoxy) is 1. The summed E-state index contributed by atoms with van der Waals surface area (Å²) in [5.41, 5.74) is 1.48. The first kappa shape index (κ1) is 13.3. The molecule has 1 aromatic carbocycles. The molecule has 16 heavy (non-hydrogen) atoms. The van der Waals surface area contributed by atoms with Crippen molar-refractivity contribution in [1.82, 2.24) is 0 Å². The highest BCUT2D eigenvalue weighted by atomic mass is 79.9. The molecular weight excluding hydrogens is 294 g/mol. The second-order valence-corrected chi connectivity index (χ2v) is 6.28. The van der Waals surface area contributed by atoms with E-state index in [1.165, 1.54) is 0 Å². The molecule has 0 aliphatic heterocycles. The van der Waals surface area contributed by atoms with Crippen LogP contribution >= 0.6 is 15.9 Å². The summed E-state index contributed by atoms with van der Waals surface area (Å²) in [6, 6.07) is 5.32. The van der Waals surface area contributed by atoms with E-state index in [9.17, 15) is 8.42 Å². The standard InChI is InChI=1S/C10H14BrNO3S/c1-3-15-10-6-8(2)4-5-9(10)12-16(13,14)7-11/h4-6,12H,3,7H2,1-2H3. The molecule has 0 heterocycles. The van der Waals surface area contributed by atoms with E-state index in [0.717, 1.165) is 5.56 Å².